The Morgan fingerprint density at radius 1 is 1.14 bits per heavy atom. The van der Waals surface area contributed by atoms with E-state index in [0.29, 0.717) is 25.1 Å². The summed E-state index contributed by atoms with van der Waals surface area (Å²) in [5.41, 5.74) is 3.67. The highest BCUT2D eigenvalue weighted by atomic mass is 16.5. The summed E-state index contributed by atoms with van der Waals surface area (Å²) in [7, 11) is 0. The van der Waals surface area contributed by atoms with Crippen LogP contribution in [0.5, 0.6) is 0 Å². The van der Waals surface area contributed by atoms with Crippen molar-refractivity contribution in [2.45, 2.75) is 13.3 Å². The van der Waals surface area contributed by atoms with E-state index in [-0.39, 0.29) is 6.09 Å². The van der Waals surface area contributed by atoms with Gasteiger partial charge in [-0.2, -0.15) is 0 Å². The lowest BCUT2D eigenvalue weighted by molar-refractivity contribution is 0.112. The fourth-order valence-corrected chi connectivity index (χ4v) is 2.17. The first kappa shape index (κ1) is 15.8. The molecule has 0 aliphatic carbocycles. The number of carbonyl (C=O) groups excluding carboxylic acids is 2. The quantitative estimate of drug-likeness (QED) is 0.831. The molecule has 0 fully saturated rings. The summed E-state index contributed by atoms with van der Waals surface area (Å²) in [5.74, 6) is 0. The molecule has 0 bridgehead atoms. The van der Waals surface area contributed by atoms with Crippen LogP contribution < -0.4 is 5.32 Å². The molecule has 114 valence electrons. The van der Waals surface area contributed by atoms with Crippen molar-refractivity contribution in [2.75, 3.05) is 13.2 Å². The third-order valence-corrected chi connectivity index (χ3v) is 3.30. The van der Waals surface area contributed by atoms with Crippen LogP contribution in [0.15, 0.2) is 48.5 Å². The summed E-state index contributed by atoms with van der Waals surface area (Å²) in [4.78, 5) is 22.2. The number of alkyl carbamates (subject to hydrolysis) is 1. The number of benzene rings is 2. The van der Waals surface area contributed by atoms with Gasteiger partial charge in [-0.3, -0.25) is 4.79 Å². The predicted molar refractivity (Wildman–Crippen MR) is 86.0 cm³/mol. The molecular weight excluding hydrogens is 278 g/mol. The van der Waals surface area contributed by atoms with E-state index in [2.05, 4.69) is 5.32 Å². The second kappa shape index (κ2) is 7.98. The van der Waals surface area contributed by atoms with Crippen molar-refractivity contribution in [2.24, 2.45) is 0 Å². The maximum Gasteiger partial charge on any atom is 0.407 e. The van der Waals surface area contributed by atoms with E-state index in [9.17, 15) is 9.59 Å². The molecule has 0 aliphatic heterocycles. The van der Waals surface area contributed by atoms with Crippen molar-refractivity contribution >= 4 is 12.4 Å². The SMILES string of the molecule is CCNC(=O)OCCc1ccc(-c2ccccc2C=O)cc1. The molecule has 0 heterocycles. The lowest BCUT2D eigenvalue weighted by Gasteiger charge is -2.08. The molecule has 0 aliphatic rings. The molecule has 1 N–H and O–H groups in total. The summed E-state index contributed by atoms with van der Waals surface area (Å²) in [6.45, 7) is 2.75. The molecule has 4 nitrogen and oxygen atoms in total. The highest BCUT2D eigenvalue weighted by Gasteiger charge is 2.04. The van der Waals surface area contributed by atoms with Gasteiger partial charge in [0.2, 0.25) is 0 Å². The van der Waals surface area contributed by atoms with Crippen LogP contribution in [0.1, 0.15) is 22.8 Å². The first-order valence-electron chi connectivity index (χ1n) is 7.28. The average molecular weight is 297 g/mol. The van der Waals surface area contributed by atoms with Crippen LogP contribution in [-0.4, -0.2) is 25.5 Å². The third kappa shape index (κ3) is 4.19. The molecular formula is C18H19NO3. The zero-order chi connectivity index (χ0) is 15.8. The van der Waals surface area contributed by atoms with E-state index in [1.165, 1.54) is 0 Å². The molecule has 4 heteroatoms. The van der Waals surface area contributed by atoms with Gasteiger partial charge in [0.05, 0.1) is 6.61 Å². The number of aldehydes is 1. The molecule has 0 radical (unpaired) electrons. The molecule has 2 aromatic rings. The van der Waals surface area contributed by atoms with Gasteiger partial charge in [-0.25, -0.2) is 4.79 Å². The highest BCUT2D eigenvalue weighted by Crippen LogP contribution is 2.23. The Bertz CT molecular complexity index is 635. The van der Waals surface area contributed by atoms with Gasteiger partial charge in [-0.05, 0) is 23.6 Å². The Morgan fingerprint density at radius 3 is 2.55 bits per heavy atom. The second-order valence-electron chi connectivity index (χ2n) is 4.82. The number of nitrogens with one attached hydrogen (secondary N) is 1. The Labute approximate surface area is 130 Å². The van der Waals surface area contributed by atoms with Gasteiger partial charge in [-0.15, -0.1) is 0 Å². The lowest BCUT2D eigenvalue weighted by Crippen LogP contribution is -2.24. The monoisotopic (exact) mass is 297 g/mol. The summed E-state index contributed by atoms with van der Waals surface area (Å²) >= 11 is 0. The molecule has 0 saturated carbocycles. The van der Waals surface area contributed by atoms with Crippen molar-refractivity contribution in [1.82, 2.24) is 5.32 Å². The predicted octanol–water partition coefficient (Wildman–Crippen LogP) is 3.45. The number of rotatable bonds is 6. The van der Waals surface area contributed by atoms with Crippen molar-refractivity contribution in [3.63, 3.8) is 0 Å². The maximum absolute atomic E-state index is 11.2. The van der Waals surface area contributed by atoms with E-state index in [1.807, 2.05) is 49.4 Å². The minimum Gasteiger partial charge on any atom is -0.449 e. The van der Waals surface area contributed by atoms with Crippen molar-refractivity contribution < 1.29 is 14.3 Å². The summed E-state index contributed by atoms with van der Waals surface area (Å²) in [5, 5.41) is 2.58. The Kier molecular flexibility index (Phi) is 5.72. The van der Waals surface area contributed by atoms with E-state index < -0.39 is 0 Å². The van der Waals surface area contributed by atoms with Gasteiger partial charge in [0.25, 0.3) is 0 Å². The first-order chi connectivity index (χ1) is 10.7. The van der Waals surface area contributed by atoms with E-state index in [1.54, 1.807) is 6.07 Å². The van der Waals surface area contributed by atoms with Crippen LogP contribution in [0.2, 0.25) is 0 Å². The number of ether oxygens (including phenoxy) is 1. The molecule has 0 atom stereocenters. The number of carbonyl (C=O) groups is 2. The van der Waals surface area contributed by atoms with Crippen molar-refractivity contribution in [3.05, 3.63) is 59.7 Å². The van der Waals surface area contributed by atoms with Gasteiger partial charge < -0.3 is 10.1 Å². The van der Waals surface area contributed by atoms with Gasteiger partial charge in [0, 0.05) is 18.5 Å². The first-order valence-corrected chi connectivity index (χ1v) is 7.28. The molecule has 2 aromatic carbocycles. The molecule has 0 unspecified atom stereocenters. The molecule has 0 aromatic heterocycles. The Balaban J connectivity index is 1.98. The van der Waals surface area contributed by atoms with Crippen LogP contribution in [0.4, 0.5) is 4.79 Å². The van der Waals surface area contributed by atoms with E-state index >= 15 is 0 Å². The molecule has 0 saturated heterocycles. The zero-order valence-corrected chi connectivity index (χ0v) is 12.5. The maximum atomic E-state index is 11.2. The summed E-state index contributed by atoms with van der Waals surface area (Å²) in [6, 6.07) is 15.4. The smallest absolute Gasteiger partial charge is 0.407 e. The Morgan fingerprint density at radius 2 is 1.86 bits per heavy atom. The van der Waals surface area contributed by atoms with Gasteiger partial charge >= 0.3 is 6.09 Å². The van der Waals surface area contributed by atoms with E-state index in [4.69, 9.17) is 4.74 Å². The minimum absolute atomic E-state index is 0.343. The van der Waals surface area contributed by atoms with Crippen LogP contribution in [0.3, 0.4) is 0 Å². The van der Waals surface area contributed by atoms with Crippen LogP contribution >= 0.6 is 0 Å². The molecule has 22 heavy (non-hydrogen) atoms. The molecule has 1 amide bonds. The fourth-order valence-electron chi connectivity index (χ4n) is 2.17. The minimum atomic E-state index is -0.390. The molecule has 0 spiro atoms. The topological polar surface area (TPSA) is 55.4 Å². The van der Waals surface area contributed by atoms with Crippen molar-refractivity contribution in [1.29, 1.82) is 0 Å². The zero-order valence-electron chi connectivity index (χ0n) is 12.5. The summed E-state index contributed by atoms with van der Waals surface area (Å²) in [6.07, 6.45) is 1.13. The highest BCUT2D eigenvalue weighted by molar-refractivity contribution is 5.87. The summed E-state index contributed by atoms with van der Waals surface area (Å²) < 4.78 is 5.04. The van der Waals surface area contributed by atoms with Crippen LogP contribution in [-0.2, 0) is 11.2 Å². The van der Waals surface area contributed by atoms with Crippen molar-refractivity contribution in [3.8, 4) is 11.1 Å². The van der Waals surface area contributed by atoms with Crippen LogP contribution in [0, 0.1) is 0 Å². The van der Waals surface area contributed by atoms with Gasteiger partial charge in [0.15, 0.2) is 6.29 Å². The number of hydrogen-bond acceptors (Lipinski definition) is 3. The standard InChI is InChI=1S/C18H19NO3/c1-2-19-18(21)22-12-11-14-7-9-15(10-8-14)17-6-4-3-5-16(17)13-20/h3-10,13H,2,11-12H2,1H3,(H,19,21). The molecule has 2 rings (SSSR count). The van der Waals surface area contributed by atoms with Crippen LogP contribution in [0.25, 0.3) is 11.1 Å². The third-order valence-electron chi connectivity index (χ3n) is 3.30. The van der Waals surface area contributed by atoms with E-state index in [0.717, 1.165) is 23.0 Å². The Hall–Kier alpha value is -2.62. The fraction of sp³-hybridized carbons (Fsp3) is 0.222. The largest absolute Gasteiger partial charge is 0.449 e. The number of amides is 1. The normalized spacial score (nSPS) is 10.0. The second-order valence-corrected chi connectivity index (χ2v) is 4.82. The van der Waals surface area contributed by atoms with Gasteiger partial charge in [0.1, 0.15) is 0 Å². The average Bonchev–Trinajstić information content (AvgIpc) is 2.56. The van der Waals surface area contributed by atoms with Gasteiger partial charge in [-0.1, -0.05) is 48.5 Å². The number of hydrogen-bond donors (Lipinski definition) is 1. The lowest BCUT2D eigenvalue weighted by atomic mass is 9.99.